The zero-order valence-electron chi connectivity index (χ0n) is 29.0. The molecule has 0 spiro atoms. The van der Waals surface area contributed by atoms with E-state index in [9.17, 15) is 0 Å². The van der Waals surface area contributed by atoms with Crippen molar-refractivity contribution >= 4 is 65.2 Å². The summed E-state index contributed by atoms with van der Waals surface area (Å²) in [7, 11) is 0. The van der Waals surface area contributed by atoms with Crippen LogP contribution in [0.25, 0.3) is 110 Å². The van der Waals surface area contributed by atoms with Gasteiger partial charge in [0.15, 0.2) is 0 Å². The number of nitrogens with zero attached hydrogens (tertiary/aromatic N) is 5. The minimum absolute atomic E-state index is 0.925. The second-order valence-corrected chi connectivity index (χ2v) is 13.8. The molecule has 0 saturated heterocycles. The van der Waals surface area contributed by atoms with E-state index in [4.69, 9.17) is 15.0 Å². The van der Waals surface area contributed by atoms with E-state index in [0.717, 1.165) is 110 Å². The van der Waals surface area contributed by atoms with Gasteiger partial charge in [0.1, 0.15) is 0 Å². The van der Waals surface area contributed by atoms with E-state index in [1.807, 2.05) is 30.7 Å². The van der Waals surface area contributed by atoms with Gasteiger partial charge in [0.2, 0.25) is 0 Å². The Morgan fingerprint density at radius 1 is 0.333 bits per heavy atom. The fourth-order valence-electron chi connectivity index (χ4n) is 7.69. The van der Waals surface area contributed by atoms with Crippen LogP contribution in [0, 0.1) is 0 Å². The highest BCUT2D eigenvalue weighted by atomic mass is 14.8. The largest absolute Gasteiger partial charge is 0.263 e. The number of aromatic nitrogens is 5. The molecule has 11 rings (SSSR count). The first-order valence-corrected chi connectivity index (χ1v) is 18.0. The number of fused-ring (bicyclic) bond motifs is 7. The summed E-state index contributed by atoms with van der Waals surface area (Å²) in [6.07, 6.45) is 5.63. The second-order valence-electron chi connectivity index (χ2n) is 13.8. The molecule has 0 atom stereocenters. The van der Waals surface area contributed by atoms with Crippen molar-refractivity contribution in [3.05, 3.63) is 176 Å². The Morgan fingerprint density at radius 2 is 0.870 bits per heavy atom. The monoisotopic (exact) mass is 687 g/mol. The molecular formula is C49H29N5. The minimum atomic E-state index is 0.925. The van der Waals surface area contributed by atoms with Crippen LogP contribution in [0.4, 0.5) is 0 Å². The Hall–Kier alpha value is -7.37. The maximum atomic E-state index is 5.08. The highest BCUT2D eigenvalue weighted by molar-refractivity contribution is 6.03. The third-order valence-electron chi connectivity index (χ3n) is 10.5. The minimum Gasteiger partial charge on any atom is -0.263 e. The molecule has 5 heteroatoms. The lowest BCUT2D eigenvalue weighted by Crippen LogP contribution is -1.90. The maximum Gasteiger partial charge on any atom is 0.0972 e. The predicted octanol–water partition coefficient (Wildman–Crippen LogP) is 12.2. The van der Waals surface area contributed by atoms with E-state index in [1.54, 1.807) is 0 Å². The second kappa shape index (κ2) is 12.1. The van der Waals surface area contributed by atoms with Crippen molar-refractivity contribution in [2.24, 2.45) is 0 Å². The number of hydrogen-bond donors (Lipinski definition) is 0. The maximum absolute atomic E-state index is 5.08. The van der Waals surface area contributed by atoms with Gasteiger partial charge in [-0.3, -0.25) is 9.97 Å². The summed E-state index contributed by atoms with van der Waals surface area (Å²) in [5, 5.41) is 8.97. The number of pyridine rings is 5. The van der Waals surface area contributed by atoms with E-state index in [2.05, 4.69) is 156 Å². The lowest BCUT2D eigenvalue weighted by molar-refractivity contribution is 1.33. The molecule has 5 heterocycles. The Labute approximate surface area is 310 Å². The van der Waals surface area contributed by atoms with E-state index in [-0.39, 0.29) is 0 Å². The summed E-state index contributed by atoms with van der Waals surface area (Å²) in [6.45, 7) is 0. The van der Waals surface area contributed by atoms with E-state index >= 15 is 0 Å². The molecule has 0 aliphatic heterocycles. The Bertz CT molecular complexity index is 3290. The number of rotatable bonds is 4. The van der Waals surface area contributed by atoms with Crippen LogP contribution in [0.15, 0.2) is 176 Å². The van der Waals surface area contributed by atoms with Gasteiger partial charge >= 0.3 is 0 Å². The van der Waals surface area contributed by atoms with Gasteiger partial charge in [0, 0.05) is 62.2 Å². The van der Waals surface area contributed by atoms with Crippen LogP contribution in [0.5, 0.6) is 0 Å². The van der Waals surface area contributed by atoms with Crippen LogP contribution in [0.1, 0.15) is 0 Å². The van der Waals surface area contributed by atoms with Crippen molar-refractivity contribution in [1.29, 1.82) is 0 Å². The van der Waals surface area contributed by atoms with Gasteiger partial charge in [-0.15, -0.1) is 0 Å². The van der Waals surface area contributed by atoms with Crippen LogP contribution in [0.3, 0.4) is 0 Å². The van der Waals surface area contributed by atoms with Crippen LogP contribution in [-0.2, 0) is 0 Å². The molecular weight excluding hydrogens is 659 g/mol. The standard InChI is InChI=1S/C49H29N5/c1-2-6-41-40(4-1)28-50-29-42(41)47-22-17-39-27-35(15-20-45(39)53-47)34-14-19-43-38(26-34)16-21-44(52-43)36-11-9-33-25-37(12-10-32(33)24-36)46-18-13-31-8-7-30-5-3-23-51-48(30)49(31)54-46/h1-29H. The zero-order chi connectivity index (χ0) is 35.6. The van der Waals surface area contributed by atoms with Crippen molar-refractivity contribution in [3.8, 4) is 44.9 Å². The van der Waals surface area contributed by atoms with Gasteiger partial charge < -0.3 is 0 Å². The molecule has 0 aliphatic carbocycles. The van der Waals surface area contributed by atoms with Gasteiger partial charge in [-0.1, -0.05) is 97.1 Å². The van der Waals surface area contributed by atoms with Crippen LogP contribution >= 0.6 is 0 Å². The molecule has 0 aliphatic rings. The molecule has 11 aromatic rings. The Kier molecular flexibility index (Phi) is 6.79. The molecule has 0 N–H and O–H groups in total. The lowest BCUT2D eigenvalue weighted by atomic mass is 9.99. The van der Waals surface area contributed by atoms with Crippen molar-refractivity contribution in [3.63, 3.8) is 0 Å². The zero-order valence-corrected chi connectivity index (χ0v) is 29.0. The highest BCUT2D eigenvalue weighted by Crippen LogP contribution is 2.33. The molecule has 6 aromatic carbocycles. The van der Waals surface area contributed by atoms with Gasteiger partial charge in [0.05, 0.1) is 39.1 Å². The average molecular weight is 688 g/mol. The van der Waals surface area contributed by atoms with E-state index in [1.165, 1.54) is 0 Å². The third-order valence-corrected chi connectivity index (χ3v) is 10.5. The lowest BCUT2D eigenvalue weighted by Gasteiger charge is -2.10. The van der Waals surface area contributed by atoms with Gasteiger partial charge in [-0.2, -0.15) is 0 Å². The molecule has 0 unspecified atom stereocenters. The summed E-state index contributed by atoms with van der Waals surface area (Å²) < 4.78 is 0. The summed E-state index contributed by atoms with van der Waals surface area (Å²) >= 11 is 0. The smallest absolute Gasteiger partial charge is 0.0972 e. The van der Waals surface area contributed by atoms with Gasteiger partial charge in [-0.05, 0) is 87.9 Å². The Morgan fingerprint density at radius 3 is 1.61 bits per heavy atom. The van der Waals surface area contributed by atoms with Gasteiger partial charge in [0.25, 0.3) is 0 Å². The van der Waals surface area contributed by atoms with Crippen LogP contribution in [0.2, 0.25) is 0 Å². The Balaban J connectivity index is 0.875. The third kappa shape index (κ3) is 5.13. The van der Waals surface area contributed by atoms with Crippen molar-refractivity contribution in [1.82, 2.24) is 24.9 Å². The average Bonchev–Trinajstić information content (AvgIpc) is 3.25. The SMILES string of the molecule is c1ccc2c(-c3ccc4cc(-c5ccc6nc(-c7ccc8cc(-c9ccc%10ccc%11cccnc%11c%10n9)ccc8c7)ccc6c5)ccc4n3)cncc2c1. The molecule has 0 fully saturated rings. The molecule has 54 heavy (non-hydrogen) atoms. The van der Waals surface area contributed by atoms with E-state index < -0.39 is 0 Å². The first-order valence-electron chi connectivity index (χ1n) is 18.0. The van der Waals surface area contributed by atoms with Crippen LogP contribution in [-0.4, -0.2) is 24.9 Å². The molecule has 5 aromatic heterocycles. The summed E-state index contributed by atoms with van der Waals surface area (Å²) in [5.41, 5.74) is 12.1. The normalized spacial score (nSPS) is 11.7. The fourth-order valence-corrected chi connectivity index (χ4v) is 7.69. The first-order chi connectivity index (χ1) is 26.7. The van der Waals surface area contributed by atoms with Gasteiger partial charge in [-0.25, -0.2) is 15.0 Å². The molecule has 0 radical (unpaired) electrons. The summed E-state index contributed by atoms with van der Waals surface area (Å²) in [5.74, 6) is 0. The highest BCUT2D eigenvalue weighted by Gasteiger charge is 2.11. The molecule has 0 saturated carbocycles. The fraction of sp³-hybridized carbons (Fsp3) is 0. The van der Waals surface area contributed by atoms with Crippen LogP contribution < -0.4 is 0 Å². The summed E-state index contributed by atoms with van der Waals surface area (Å²) in [4.78, 5) is 24.2. The first kappa shape index (κ1) is 30.3. The van der Waals surface area contributed by atoms with E-state index in [0.29, 0.717) is 0 Å². The molecule has 250 valence electrons. The number of benzene rings is 6. The summed E-state index contributed by atoms with van der Waals surface area (Å²) in [6, 6.07) is 55.4. The molecule has 0 amide bonds. The molecule has 5 nitrogen and oxygen atoms in total. The number of hydrogen-bond acceptors (Lipinski definition) is 5. The van der Waals surface area contributed by atoms with Crippen molar-refractivity contribution in [2.45, 2.75) is 0 Å². The topological polar surface area (TPSA) is 64.5 Å². The molecule has 0 bridgehead atoms. The predicted molar refractivity (Wildman–Crippen MR) is 222 cm³/mol. The van der Waals surface area contributed by atoms with Crippen molar-refractivity contribution < 1.29 is 0 Å². The quantitative estimate of drug-likeness (QED) is 0.172. The van der Waals surface area contributed by atoms with Crippen molar-refractivity contribution in [2.75, 3.05) is 0 Å².